The molecule has 0 aliphatic carbocycles. The van der Waals surface area contributed by atoms with Gasteiger partial charge in [-0.05, 0) is 48.2 Å². The van der Waals surface area contributed by atoms with Gasteiger partial charge in [-0.2, -0.15) is 5.10 Å². The number of nitrogens with zero attached hydrogens (tertiary/aromatic N) is 2. The molecule has 0 spiro atoms. The Morgan fingerprint density at radius 1 is 0.971 bits per heavy atom. The van der Waals surface area contributed by atoms with Gasteiger partial charge < -0.3 is 9.88 Å². The summed E-state index contributed by atoms with van der Waals surface area (Å²) in [4.78, 5) is 30.7. The molecule has 2 heterocycles. The predicted molar refractivity (Wildman–Crippen MR) is 139 cm³/mol. The predicted octanol–water partition coefficient (Wildman–Crippen LogP) is 5.55. The van der Waals surface area contributed by atoms with Crippen LogP contribution in [0.1, 0.15) is 37.5 Å². The standard InChI is InChI=1S/C29H22N4O2/c1-18-24(22-8-2-3-10-25(22)31-18)16-30-32-28(34)21-14-12-19(13-15-21)17-33-26-11-5-7-20-6-4-9-23(27(20)26)29(33)35/h2-16,31H,17H2,1H3,(H,32,34). The first-order valence-electron chi connectivity index (χ1n) is 11.4. The van der Waals surface area contributed by atoms with Gasteiger partial charge >= 0.3 is 0 Å². The maximum atomic E-state index is 13.0. The van der Waals surface area contributed by atoms with Crippen molar-refractivity contribution in [1.82, 2.24) is 10.4 Å². The zero-order chi connectivity index (χ0) is 23.9. The van der Waals surface area contributed by atoms with Crippen LogP contribution >= 0.6 is 0 Å². The number of aromatic amines is 1. The van der Waals surface area contributed by atoms with E-state index < -0.39 is 0 Å². The summed E-state index contributed by atoms with van der Waals surface area (Å²) in [6.45, 7) is 2.42. The number of hydrogen-bond acceptors (Lipinski definition) is 3. The molecule has 2 N–H and O–H groups in total. The molecule has 170 valence electrons. The number of fused-ring (bicyclic) bond motifs is 1. The topological polar surface area (TPSA) is 77.6 Å². The van der Waals surface area contributed by atoms with Gasteiger partial charge in [-0.15, -0.1) is 0 Å². The summed E-state index contributed by atoms with van der Waals surface area (Å²) in [6, 6.07) is 27.0. The lowest BCUT2D eigenvalue weighted by atomic mass is 10.1. The highest BCUT2D eigenvalue weighted by Crippen LogP contribution is 2.38. The quantitative estimate of drug-likeness (QED) is 0.267. The molecule has 1 aliphatic heterocycles. The van der Waals surface area contributed by atoms with Crippen LogP contribution in [0.2, 0.25) is 0 Å². The van der Waals surface area contributed by atoms with Gasteiger partial charge in [-0.3, -0.25) is 9.59 Å². The Bertz CT molecular complexity index is 1640. The molecule has 35 heavy (non-hydrogen) atoms. The van der Waals surface area contributed by atoms with Crippen molar-refractivity contribution in [3.63, 3.8) is 0 Å². The van der Waals surface area contributed by atoms with Crippen molar-refractivity contribution in [1.29, 1.82) is 0 Å². The minimum absolute atomic E-state index is 0.000492. The summed E-state index contributed by atoms with van der Waals surface area (Å²) in [5.41, 5.74) is 8.67. The van der Waals surface area contributed by atoms with Crippen molar-refractivity contribution < 1.29 is 9.59 Å². The molecule has 0 radical (unpaired) electrons. The van der Waals surface area contributed by atoms with Crippen LogP contribution in [0.4, 0.5) is 5.69 Å². The summed E-state index contributed by atoms with van der Waals surface area (Å²) in [5.74, 6) is -0.291. The van der Waals surface area contributed by atoms with Crippen LogP contribution in [0.25, 0.3) is 21.7 Å². The van der Waals surface area contributed by atoms with Crippen LogP contribution in [-0.4, -0.2) is 23.0 Å². The Balaban J connectivity index is 1.16. The number of carbonyl (C=O) groups excluding carboxylic acids is 2. The fraction of sp³-hybridized carbons (Fsp3) is 0.0690. The van der Waals surface area contributed by atoms with Gasteiger partial charge in [0, 0.05) is 38.7 Å². The number of H-pyrrole nitrogens is 1. The highest BCUT2D eigenvalue weighted by Gasteiger charge is 2.29. The van der Waals surface area contributed by atoms with E-state index in [0.29, 0.717) is 12.1 Å². The molecular formula is C29H22N4O2. The van der Waals surface area contributed by atoms with Gasteiger partial charge in [0.15, 0.2) is 0 Å². The normalized spacial score (nSPS) is 12.8. The molecule has 0 bridgehead atoms. The minimum atomic E-state index is -0.292. The number of rotatable bonds is 5. The molecule has 0 saturated carbocycles. The summed E-state index contributed by atoms with van der Waals surface area (Å²) in [5, 5.41) is 7.28. The first-order chi connectivity index (χ1) is 17.1. The maximum Gasteiger partial charge on any atom is 0.271 e. The van der Waals surface area contributed by atoms with E-state index >= 15 is 0 Å². The number of aryl methyl sites for hydroxylation is 1. The highest BCUT2D eigenvalue weighted by molar-refractivity contribution is 6.24. The van der Waals surface area contributed by atoms with Crippen LogP contribution in [0.5, 0.6) is 0 Å². The fourth-order valence-corrected chi connectivity index (χ4v) is 4.76. The molecule has 1 aliphatic rings. The van der Waals surface area contributed by atoms with Crippen molar-refractivity contribution in [3.05, 3.63) is 113 Å². The number of hydrazone groups is 1. The second-order valence-electron chi connectivity index (χ2n) is 8.68. The maximum absolute atomic E-state index is 13.0. The van der Waals surface area contributed by atoms with E-state index in [1.54, 1.807) is 23.2 Å². The summed E-state index contributed by atoms with van der Waals surface area (Å²) >= 11 is 0. The molecule has 2 amide bonds. The van der Waals surface area contributed by atoms with E-state index in [-0.39, 0.29) is 11.8 Å². The highest BCUT2D eigenvalue weighted by atomic mass is 16.2. The number of anilines is 1. The van der Waals surface area contributed by atoms with Gasteiger partial charge in [0.2, 0.25) is 0 Å². The fourth-order valence-electron chi connectivity index (χ4n) is 4.76. The minimum Gasteiger partial charge on any atom is -0.358 e. The zero-order valence-electron chi connectivity index (χ0n) is 19.1. The molecule has 0 atom stereocenters. The van der Waals surface area contributed by atoms with E-state index in [0.717, 1.165) is 49.7 Å². The Kier molecular flexibility index (Phi) is 4.92. The van der Waals surface area contributed by atoms with E-state index in [1.165, 1.54) is 0 Å². The van der Waals surface area contributed by atoms with Gasteiger partial charge in [0.1, 0.15) is 0 Å². The number of benzene rings is 4. The smallest absolute Gasteiger partial charge is 0.271 e. The zero-order valence-corrected chi connectivity index (χ0v) is 19.1. The van der Waals surface area contributed by atoms with Gasteiger partial charge in [0.05, 0.1) is 18.4 Å². The third-order valence-electron chi connectivity index (χ3n) is 6.51. The second-order valence-corrected chi connectivity index (χ2v) is 8.68. The molecular weight excluding hydrogens is 436 g/mol. The number of aromatic nitrogens is 1. The lowest BCUT2D eigenvalue weighted by Crippen LogP contribution is -2.26. The van der Waals surface area contributed by atoms with E-state index in [2.05, 4.69) is 15.5 Å². The van der Waals surface area contributed by atoms with Gasteiger partial charge in [-0.1, -0.05) is 54.6 Å². The average molecular weight is 459 g/mol. The summed E-state index contributed by atoms with van der Waals surface area (Å²) in [7, 11) is 0. The molecule has 1 aromatic heterocycles. The number of hydrogen-bond donors (Lipinski definition) is 2. The Morgan fingerprint density at radius 2 is 1.74 bits per heavy atom. The Hall–Kier alpha value is -4.71. The van der Waals surface area contributed by atoms with Crippen molar-refractivity contribution >= 4 is 45.4 Å². The van der Waals surface area contributed by atoms with Crippen LogP contribution in [0, 0.1) is 6.92 Å². The van der Waals surface area contributed by atoms with Crippen molar-refractivity contribution in [2.75, 3.05) is 4.90 Å². The van der Waals surface area contributed by atoms with Crippen molar-refractivity contribution in [2.24, 2.45) is 5.10 Å². The largest absolute Gasteiger partial charge is 0.358 e. The van der Waals surface area contributed by atoms with Crippen LogP contribution in [-0.2, 0) is 6.54 Å². The summed E-state index contributed by atoms with van der Waals surface area (Å²) in [6.07, 6.45) is 1.66. The van der Waals surface area contributed by atoms with Gasteiger partial charge in [-0.25, -0.2) is 5.43 Å². The third-order valence-corrected chi connectivity index (χ3v) is 6.51. The number of amides is 2. The average Bonchev–Trinajstić information content (AvgIpc) is 3.35. The number of carbonyl (C=O) groups is 2. The molecule has 6 heteroatoms. The van der Waals surface area contributed by atoms with E-state index in [1.807, 2.05) is 79.7 Å². The van der Waals surface area contributed by atoms with E-state index in [9.17, 15) is 9.59 Å². The van der Waals surface area contributed by atoms with Crippen molar-refractivity contribution in [3.8, 4) is 0 Å². The molecule has 4 aromatic carbocycles. The Morgan fingerprint density at radius 3 is 2.57 bits per heavy atom. The lowest BCUT2D eigenvalue weighted by molar-refractivity contribution is 0.0953. The second kappa shape index (κ2) is 8.25. The first kappa shape index (κ1) is 20.9. The molecule has 0 saturated heterocycles. The first-order valence-corrected chi connectivity index (χ1v) is 11.4. The SMILES string of the molecule is Cc1[nH]c2ccccc2c1C=NNC(=O)c1ccc(CN2C(=O)c3cccc4cccc2c34)cc1. The summed E-state index contributed by atoms with van der Waals surface area (Å²) < 4.78 is 0. The molecule has 0 fully saturated rings. The van der Waals surface area contributed by atoms with Crippen LogP contribution in [0.15, 0.2) is 90.0 Å². The van der Waals surface area contributed by atoms with Crippen molar-refractivity contribution in [2.45, 2.75) is 13.5 Å². The van der Waals surface area contributed by atoms with Crippen LogP contribution in [0.3, 0.4) is 0 Å². The Labute approximate surface area is 201 Å². The number of para-hydroxylation sites is 1. The molecule has 6 nitrogen and oxygen atoms in total. The van der Waals surface area contributed by atoms with E-state index in [4.69, 9.17) is 0 Å². The monoisotopic (exact) mass is 458 g/mol. The van der Waals surface area contributed by atoms with Gasteiger partial charge in [0.25, 0.3) is 11.8 Å². The molecule has 6 rings (SSSR count). The molecule has 0 unspecified atom stereocenters. The van der Waals surface area contributed by atoms with Crippen LogP contribution < -0.4 is 10.3 Å². The third kappa shape index (κ3) is 3.56. The lowest BCUT2D eigenvalue weighted by Gasteiger charge is -2.18. The number of nitrogens with one attached hydrogen (secondary N) is 2. The molecule has 5 aromatic rings.